The quantitative estimate of drug-likeness (QED) is 0.314. The highest BCUT2D eigenvalue weighted by Gasteiger charge is 2.27. The summed E-state index contributed by atoms with van der Waals surface area (Å²) in [5.41, 5.74) is 5.44. The second-order valence-corrected chi connectivity index (χ2v) is 9.12. The van der Waals surface area contributed by atoms with Crippen molar-refractivity contribution in [1.82, 2.24) is 14.5 Å². The van der Waals surface area contributed by atoms with Crippen molar-refractivity contribution in [2.24, 2.45) is 0 Å². The average Bonchev–Trinajstić information content (AvgIpc) is 3.29. The number of piperidine rings is 1. The second-order valence-electron chi connectivity index (χ2n) is 9.12. The van der Waals surface area contributed by atoms with E-state index >= 15 is 0 Å². The van der Waals surface area contributed by atoms with Gasteiger partial charge in [-0.25, -0.2) is 13.8 Å². The van der Waals surface area contributed by atoms with E-state index in [1.54, 1.807) is 20.5 Å². The van der Waals surface area contributed by atoms with E-state index in [2.05, 4.69) is 22.5 Å². The zero-order valence-corrected chi connectivity index (χ0v) is 21.1. The van der Waals surface area contributed by atoms with Gasteiger partial charge in [-0.2, -0.15) is 0 Å². The molecule has 0 radical (unpaired) electrons. The van der Waals surface area contributed by atoms with Gasteiger partial charge in [0.25, 0.3) is 0 Å². The minimum absolute atomic E-state index is 0.192. The van der Waals surface area contributed by atoms with Crippen molar-refractivity contribution in [2.45, 2.75) is 38.6 Å². The number of aryl methyl sites for hydroxylation is 1. The summed E-state index contributed by atoms with van der Waals surface area (Å²) in [6.45, 7) is 7.70. The van der Waals surface area contributed by atoms with Crippen LogP contribution in [0.25, 0.3) is 11.8 Å². The van der Waals surface area contributed by atoms with Gasteiger partial charge >= 0.3 is 0 Å². The van der Waals surface area contributed by atoms with Gasteiger partial charge in [0, 0.05) is 38.2 Å². The number of allylic oxidation sites excluding steroid dienone is 1. The molecule has 0 N–H and O–H groups in total. The Balaban J connectivity index is 1.63. The van der Waals surface area contributed by atoms with Crippen molar-refractivity contribution in [3.63, 3.8) is 0 Å². The molecule has 0 spiro atoms. The Morgan fingerprint density at radius 2 is 1.92 bits per heavy atom. The summed E-state index contributed by atoms with van der Waals surface area (Å²) in [5.74, 6) is -0.395. The molecule has 1 unspecified atom stereocenters. The van der Waals surface area contributed by atoms with Crippen LogP contribution in [-0.2, 0) is 4.74 Å². The summed E-state index contributed by atoms with van der Waals surface area (Å²) in [6, 6.07) is 9.63. The predicted octanol–water partition coefficient (Wildman–Crippen LogP) is 6.63. The van der Waals surface area contributed by atoms with Gasteiger partial charge in [-0.05, 0) is 79.6 Å². The predicted molar refractivity (Wildman–Crippen MR) is 138 cm³/mol. The van der Waals surface area contributed by atoms with Crippen LogP contribution in [0.5, 0.6) is 5.75 Å². The maximum Gasteiger partial charge on any atom is 0.143 e. The monoisotopic (exact) mass is 493 g/mol. The van der Waals surface area contributed by atoms with Gasteiger partial charge in [-0.1, -0.05) is 12.6 Å². The number of hydrogen-bond acceptors (Lipinski definition) is 4. The van der Waals surface area contributed by atoms with Gasteiger partial charge in [0.2, 0.25) is 0 Å². The van der Waals surface area contributed by atoms with Crippen molar-refractivity contribution < 1.29 is 18.3 Å². The molecular formula is C29H33F2N3O2. The van der Waals surface area contributed by atoms with Crippen molar-refractivity contribution >= 4 is 6.08 Å². The number of likely N-dealkylation sites (tertiary alicyclic amines) is 1. The summed E-state index contributed by atoms with van der Waals surface area (Å²) in [5, 5.41) is 0. The maximum absolute atomic E-state index is 14.1. The number of benzene rings is 2. The first-order valence-corrected chi connectivity index (χ1v) is 12.2. The molecule has 3 aromatic rings. The van der Waals surface area contributed by atoms with Crippen LogP contribution in [0, 0.1) is 18.6 Å². The van der Waals surface area contributed by atoms with E-state index in [4.69, 9.17) is 9.47 Å². The molecule has 2 aromatic carbocycles. The Morgan fingerprint density at radius 3 is 2.58 bits per heavy atom. The Morgan fingerprint density at radius 1 is 1.14 bits per heavy atom. The van der Waals surface area contributed by atoms with E-state index < -0.39 is 11.6 Å². The Hall–Kier alpha value is -3.45. The highest BCUT2D eigenvalue weighted by molar-refractivity contribution is 5.63. The fourth-order valence-electron chi connectivity index (χ4n) is 4.85. The number of nitrogens with zero attached hydrogens (tertiary/aromatic N) is 3. The number of ether oxygens (including phenoxy) is 2. The molecule has 1 fully saturated rings. The molecular weight excluding hydrogens is 460 g/mol. The van der Waals surface area contributed by atoms with E-state index in [9.17, 15) is 8.78 Å². The number of imidazole rings is 1. The number of methoxy groups -OCH3 is 2. The third-order valence-electron chi connectivity index (χ3n) is 6.57. The Labute approximate surface area is 211 Å². The molecule has 190 valence electrons. The summed E-state index contributed by atoms with van der Waals surface area (Å²) in [7, 11) is 3.31. The van der Waals surface area contributed by atoms with Crippen molar-refractivity contribution in [3.05, 3.63) is 95.2 Å². The van der Waals surface area contributed by atoms with Crippen LogP contribution in [0.1, 0.15) is 48.5 Å². The molecule has 36 heavy (non-hydrogen) atoms. The van der Waals surface area contributed by atoms with Crippen LogP contribution in [0.4, 0.5) is 8.78 Å². The van der Waals surface area contributed by atoms with E-state index in [0.29, 0.717) is 18.6 Å². The normalized spacial score (nSPS) is 16.0. The van der Waals surface area contributed by atoms with Crippen LogP contribution >= 0.6 is 0 Å². The molecule has 1 aliphatic heterocycles. The van der Waals surface area contributed by atoms with Crippen LogP contribution in [0.2, 0.25) is 0 Å². The minimum Gasteiger partial charge on any atom is -0.495 e. The lowest BCUT2D eigenvalue weighted by Crippen LogP contribution is -2.33. The maximum atomic E-state index is 14.1. The van der Waals surface area contributed by atoms with Crippen molar-refractivity contribution in [2.75, 3.05) is 27.4 Å². The average molecular weight is 494 g/mol. The molecule has 1 atom stereocenters. The fourth-order valence-corrected chi connectivity index (χ4v) is 4.85. The Bertz CT molecular complexity index is 1230. The van der Waals surface area contributed by atoms with E-state index in [0.717, 1.165) is 65.8 Å². The fraction of sp³-hybridized carbons (Fsp3) is 0.345. The van der Waals surface area contributed by atoms with Gasteiger partial charge < -0.3 is 18.9 Å². The Kier molecular flexibility index (Phi) is 8.21. The summed E-state index contributed by atoms with van der Waals surface area (Å²) < 4.78 is 41.0. The molecule has 0 saturated carbocycles. The van der Waals surface area contributed by atoms with Crippen molar-refractivity contribution in [1.29, 1.82) is 0 Å². The SMILES string of the molecule is C=C1/C(=C/c2ccc(-n3cnc(C)c3)c(OC)c2)CCCN1C(CCCOC)c1cc(F)cc(F)c1. The smallest absolute Gasteiger partial charge is 0.143 e. The van der Waals surface area contributed by atoms with Crippen LogP contribution in [0.15, 0.2) is 66.8 Å². The van der Waals surface area contributed by atoms with Crippen LogP contribution in [-0.4, -0.2) is 41.8 Å². The first-order valence-electron chi connectivity index (χ1n) is 12.2. The molecule has 1 aromatic heterocycles. The molecule has 2 heterocycles. The topological polar surface area (TPSA) is 39.5 Å². The van der Waals surface area contributed by atoms with Crippen LogP contribution < -0.4 is 4.74 Å². The van der Waals surface area contributed by atoms with E-state index in [1.807, 2.05) is 35.9 Å². The van der Waals surface area contributed by atoms with Crippen LogP contribution in [0.3, 0.4) is 0 Å². The van der Waals surface area contributed by atoms with Crippen molar-refractivity contribution in [3.8, 4) is 11.4 Å². The lowest BCUT2D eigenvalue weighted by atomic mass is 9.93. The van der Waals surface area contributed by atoms with Gasteiger partial charge in [0.1, 0.15) is 17.4 Å². The molecule has 1 saturated heterocycles. The van der Waals surface area contributed by atoms with Gasteiger partial charge in [0.15, 0.2) is 0 Å². The zero-order chi connectivity index (χ0) is 25.7. The van der Waals surface area contributed by atoms with Gasteiger partial charge in [0.05, 0.1) is 30.9 Å². The largest absolute Gasteiger partial charge is 0.495 e. The number of aromatic nitrogens is 2. The first kappa shape index (κ1) is 25.6. The van der Waals surface area contributed by atoms with E-state index in [-0.39, 0.29) is 6.04 Å². The molecule has 0 bridgehead atoms. The lowest BCUT2D eigenvalue weighted by Gasteiger charge is -2.40. The number of halogens is 2. The number of rotatable bonds is 9. The second kappa shape index (κ2) is 11.5. The highest BCUT2D eigenvalue weighted by Crippen LogP contribution is 2.37. The van der Waals surface area contributed by atoms with E-state index in [1.165, 1.54) is 12.1 Å². The third-order valence-corrected chi connectivity index (χ3v) is 6.57. The third kappa shape index (κ3) is 5.85. The number of hydrogen-bond donors (Lipinski definition) is 0. The minimum atomic E-state index is -0.569. The molecule has 4 rings (SSSR count). The molecule has 0 amide bonds. The molecule has 0 aliphatic carbocycles. The molecule has 5 nitrogen and oxygen atoms in total. The highest BCUT2D eigenvalue weighted by atomic mass is 19.1. The summed E-state index contributed by atoms with van der Waals surface area (Å²) in [6.07, 6.45) is 9.12. The zero-order valence-electron chi connectivity index (χ0n) is 21.1. The van der Waals surface area contributed by atoms with Gasteiger partial charge in [-0.15, -0.1) is 0 Å². The standard InChI is InChI=1S/C29H33F2N3O2/c1-20-18-33(19-32-20)28-10-9-22(14-29(28)36-4)13-23-7-5-11-34(21(23)2)27(8-6-12-35-3)24-15-25(30)17-26(31)16-24/h9-10,13-19,27H,2,5-8,11-12H2,1,3-4H3/b23-13+. The molecule has 7 heteroatoms. The first-order chi connectivity index (χ1) is 17.4. The van der Waals surface area contributed by atoms with Gasteiger partial charge in [-0.3, -0.25) is 0 Å². The summed E-state index contributed by atoms with van der Waals surface area (Å²) >= 11 is 0. The lowest BCUT2D eigenvalue weighted by molar-refractivity contribution is 0.168. The summed E-state index contributed by atoms with van der Waals surface area (Å²) in [4.78, 5) is 6.48. The molecule has 1 aliphatic rings.